The summed E-state index contributed by atoms with van der Waals surface area (Å²) in [5.74, 6) is -0.373. The first kappa shape index (κ1) is 11.0. The van der Waals surface area contributed by atoms with Crippen LogP contribution in [0.25, 0.3) is 0 Å². The van der Waals surface area contributed by atoms with E-state index in [2.05, 4.69) is 4.74 Å². The van der Waals surface area contributed by atoms with Crippen LogP contribution in [-0.2, 0) is 6.18 Å². The fourth-order valence-electron chi connectivity index (χ4n) is 1.04. The first-order chi connectivity index (χ1) is 6.36. The summed E-state index contributed by atoms with van der Waals surface area (Å²) in [6.45, 7) is 0. The molecule has 0 aliphatic carbocycles. The molecule has 1 aromatic carbocycles. The fourth-order valence-corrected chi connectivity index (χ4v) is 1.36. The van der Waals surface area contributed by atoms with Crippen molar-refractivity contribution >= 4 is 17.3 Å². The Balaban J connectivity index is 3.40. The summed E-state index contributed by atoms with van der Waals surface area (Å²) >= 11 is 5.42. The quantitative estimate of drug-likeness (QED) is 0.746. The van der Waals surface area contributed by atoms with Crippen LogP contribution in [0, 0.1) is 0 Å². The van der Waals surface area contributed by atoms with Crippen LogP contribution in [0.3, 0.4) is 0 Å². The monoisotopic (exact) mass is 225 g/mol. The van der Waals surface area contributed by atoms with Crippen molar-refractivity contribution in [1.29, 1.82) is 0 Å². The Hall–Kier alpha value is -1.10. The molecule has 0 bridgehead atoms. The highest BCUT2D eigenvalue weighted by atomic mass is 35.5. The third-order valence-electron chi connectivity index (χ3n) is 1.58. The van der Waals surface area contributed by atoms with Crippen molar-refractivity contribution in [3.05, 3.63) is 22.7 Å². The summed E-state index contributed by atoms with van der Waals surface area (Å²) < 4.78 is 41.8. The number of hydrogen-bond donors (Lipinski definition) is 1. The number of nitrogen functional groups attached to an aromatic ring is 1. The first-order valence-corrected chi connectivity index (χ1v) is 3.94. The second-order valence-corrected chi connectivity index (χ2v) is 2.98. The minimum absolute atomic E-state index is 0.125. The first-order valence-electron chi connectivity index (χ1n) is 3.56. The number of alkyl halides is 3. The number of anilines is 1. The van der Waals surface area contributed by atoms with Gasteiger partial charge in [0.05, 0.1) is 12.1 Å². The summed E-state index contributed by atoms with van der Waals surface area (Å²) in [6.07, 6.45) is -4.55. The van der Waals surface area contributed by atoms with Gasteiger partial charge in [-0.2, -0.15) is 13.2 Å². The second kappa shape index (κ2) is 3.57. The van der Waals surface area contributed by atoms with Gasteiger partial charge in [0.2, 0.25) is 0 Å². The van der Waals surface area contributed by atoms with Crippen LogP contribution < -0.4 is 10.5 Å². The highest BCUT2D eigenvalue weighted by Gasteiger charge is 2.37. The van der Waals surface area contributed by atoms with Crippen molar-refractivity contribution in [2.45, 2.75) is 6.18 Å². The predicted molar refractivity (Wildman–Crippen MR) is 47.4 cm³/mol. The molecule has 14 heavy (non-hydrogen) atoms. The molecule has 1 rings (SSSR count). The van der Waals surface area contributed by atoms with Crippen molar-refractivity contribution in [1.82, 2.24) is 0 Å². The van der Waals surface area contributed by atoms with E-state index in [9.17, 15) is 13.2 Å². The lowest BCUT2D eigenvalue weighted by Gasteiger charge is -2.13. The number of ether oxygens (including phenoxy) is 1. The third-order valence-corrected chi connectivity index (χ3v) is 1.88. The van der Waals surface area contributed by atoms with E-state index in [0.717, 1.165) is 19.2 Å². The molecule has 78 valence electrons. The molecular formula is C8H7ClF3NO. The smallest absolute Gasteiger partial charge is 0.421 e. The summed E-state index contributed by atoms with van der Waals surface area (Å²) in [6, 6.07) is 2.11. The van der Waals surface area contributed by atoms with Gasteiger partial charge in [-0.05, 0) is 6.07 Å². The molecule has 0 spiro atoms. The Kier molecular flexibility index (Phi) is 2.80. The third kappa shape index (κ3) is 2.04. The zero-order valence-corrected chi connectivity index (χ0v) is 7.91. The van der Waals surface area contributed by atoms with Crippen molar-refractivity contribution in [3.63, 3.8) is 0 Å². The largest absolute Gasteiger partial charge is 0.496 e. The normalized spacial score (nSPS) is 11.5. The Bertz CT molecular complexity index is 351. The average molecular weight is 226 g/mol. The maximum absolute atomic E-state index is 12.4. The van der Waals surface area contributed by atoms with Crippen LogP contribution >= 0.6 is 11.6 Å². The number of hydrogen-bond acceptors (Lipinski definition) is 2. The van der Waals surface area contributed by atoms with Gasteiger partial charge in [-0.3, -0.25) is 0 Å². The number of nitrogens with two attached hydrogens (primary N) is 1. The molecule has 0 fully saturated rings. The lowest BCUT2D eigenvalue weighted by atomic mass is 10.1. The zero-order valence-electron chi connectivity index (χ0n) is 7.15. The number of benzene rings is 1. The molecule has 0 atom stereocenters. The molecule has 0 saturated carbocycles. The van der Waals surface area contributed by atoms with E-state index >= 15 is 0 Å². The average Bonchev–Trinajstić information content (AvgIpc) is 1.99. The molecular weight excluding hydrogens is 219 g/mol. The lowest BCUT2D eigenvalue weighted by Crippen LogP contribution is -2.09. The highest BCUT2D eigenvalue weighted by molar-refractivity contribution is 6.32. The van der Waals surface area contributed by atoms with Gasteiger partial charge in [-0.25, -0.2) is 0 Å². The van der Waals surface area contributed by atoms with Crippen LogP contribution in [0.2, 0.25) is 5.02 Å². The Morgan fingerprint density at radius 1 is 1.36 bits per heavy atom. The molecule has 2 N–H and O–H groups in total. The van der Waals surface area contributed by atoms with E-state index in [-0.39, 0.29) is 11.4 Å². The SMILES string of the molecule is COc1cc(N)cc(Cl)c1C(F)(F)F. The Morgan fingerprint density at radius 3 is 2.36 bits per heavy atom. The van der Waals surface area contributed by atoms with Gasteiger partial charge in [0, 0.05) is 11.8 Å². The topological polar surface area (TPSA) is 35.2 Å². The molecule has 0 unspecified atom stereocenters. The molecule has 0 heterocycles. The zero-order chi connectivity index (χ0) is 10.9. The summed E-state index contributed by atoms with van der Waals surface area (Å²) in [5.41, 5.74) is 4.44. The van der Waals surface area contributed by atoms with Crippen LogP contribution in [0.4, 0.5) is 18.9 Å². The van der Waals surface area contributed by atoms with E-state index in [1.807, 2.05) is 0 Å². The van der Waals surface area contributed by atoms with Gasteiger partial charge in [-0.1, -0.05) is 11.6 Å². The van der Waals surface area contributed by atoms with E-state index < -0.39 is 16.8 Å². The van der Waals surface area contributed by atoms with Crippen molar-refractivity contribution in [3.8, 4) is 5.75 Å². The molecule has 0 aliphatic heterocycles. The molecule has 2 nitrogen and oxygen atoms in total. The van der Waals surface area contributed by atoms with Crippen molar-refractivity contribution < 1.29 is 17.9 Å². The number of halogens is 4. The van der Waals surface area contributed by atoms with Gasteiger partial charge in [0.25, 0.3) is 0 Å². The standard InChI is InChI=1S/C8H7ClF3NO/c1-14-6-3-4(13)2-5(9)7(6)8(10,11)12/h2-3H,13H2,1H3. The maximum atomic E-state index is 12.4. The summed E-state index contributed by atoms with van der Waals surface area (Å²) in [7, 11) is 1.13. The second-order valence-electron chi connectivity index (χ2n) is 2.58. The minimum atomic E-state index is -4.55. The molecule has 0 amide bonds. The number of methoxy groups -OCH3 is 1. The molecule has 0 radical (unpaired) electrons. The van der Waals surface area contributed by atoms with Crippen LogP contribution in [0.5, 0.6) is 5.75 Å². The molecule has 6 heteroatoms. The molecule has 0 saturated heterocycles. The highest BCUT2D eigenvalue weighted by Crippen LogP contribution is 2.42. The van der Waals surface area contributed by atoms with Crippen LogP contribution in [0.15, 0.2) is 12.1 Å². The van der Waals surface area contributed by atoms with Gasteiger partial charge in [0.15, 0.2) is 0 Å². The van der Waals surface area contributed by atoms with Gasteiger partial charge >= 0.3 is 6.18 Å². The van der Waals surface area contributed by atoms with Gasteiger partial charge < -0.3 is 10.5 Å². The summed E-state index contributed by atoms with van der Waals surface area (Å²) in [5, 5.41) is -0.464. The fraction of sp³-hybridized carbons (Fsp3) is 0.250. The van der Waals surface area contributed by atoms with E-state index in [1.165, 1.54) is 0 Å². The maximum Gasteiger partial charge on any atom is 0.421 e. The van der Waals surface area contributed by atoms with E-state index in [0.29, 0.717) is 0 Å². The van der Waals surface area contributed by atoms with Gasteiger partial charge in [-0.15, -0.1) is 0 Å². The van der Waals surface area contributed by atoms with Crippen molar-refractivity contribution in [2.24, 2.45) is 0 Å². The van der Waals surface area contributed by atoms with E-state index in [4.69, 9.17) is 17.3 Å². The van der Waals surface area contributed by atoms with Crippen LogP contribution in [-0.4, -0.2) is 7.11 Å². The van der Waals surface area contributed by atoms with E-state index in [1.54, 1.807) is 0 Å². The Morgan fingerprint density at radius 2 is 1.93 bits per heavy atom. The van der Waals surface area contributed by atoms with Gasteiger partial charge in [0.1, 0.15) is 11.3 Å². The van der Waals surface area contributed by atoms with Crippen molar-refractivity contribution in [2.75, 3.05) is 12.8 Å². The molecule has 0 aromatic heterocycles. The predicted octanol–water partition coefficient (Wildman–Crippen LogP) is 2.95. The lowest BCUT2D eigenvalue weighted by molar-refractivity contribution is -0.138. The summed E-state index contributed by atoms with van der Waals surface area (Å²) in [4.78, 5) is 0. The molecule has 0 aliphatic rings. The molecule has 1 aromatic rings. The minimum Gasteiger partial charge on any atom is -0.496 e. The number of rotatable bonds is 1. The Labute approximate surface area is 83.4 Å². The van der Waals surface area contributed by atoms with Crippen LogP contribution in [0.1, 0.15) is 5.56 Å².